The SMILES string of the molecule is Cc1ccc(-c2noc(CN3CCN(CC(=O)NC(=O)NCC(C)C)CC3)n2)cc1. The predicted octanol–water partition coefficient (Wildman–Crippen LogP) is 1.64. The third-order valence-electron chi connectivity index (χ3n) is 4.89. The van der Waals surface area contributed by atoms with Crippen LogP contribution in [-0.4, -0.2) is 71.1 Å². The second kappa shape index (κ2) is 10.3. The molecule has 0 aliphatic carbocycles. The number of carbonyl (C=O) groups is 2. The van der Waals surface area contributed by atoms with Gasteiger partial charge in [0.15, 0.2) is 0 Å². The maximum Gasteiger partial charge on any atom is 0.321 e. The number of nitrogens with zero attached hydrogens (tertiary/aromatic N) is 4. The van der Waals surface area contributed by atoms with E-state index in [9.17, 15) is 9.59 Å². The molecule has 2 heterocycles. The average molecular weight is 415 g/mol. The molecule has 0 radical (unpaired) electrons. The number of hydrogen-bond acceptors (Lipinski definition) is 7. The summed E-state index contributed by atoms with van der Waals surface area (Å²) < 4.78 is 5.40. The van der Waals surface area contributed by atoms with Crippen LogP contribution in [0.3, 0.4) is 0 Å². The molecule has 3 amide bonds. The standard InChI is InChI=1S/C21H30N6O3/c1-15(2)12-22-21(29)23-18(28)13-26-8-10-27(11-9-26)14-19-24-20(25-30-19)17-6-4-16(3)5-7-17/h4-7,15H,8-14H2,1-3H3,(H2,22,23,28,29). The number of piperazine rings is 1. The van der Waals surface area contributed by atoms with Crippen LogP contribution in [-0.2, 0) is 11.3 Å². The molecule has 1 fully saturated rings. The zero-order chi connectivity index (χ0) is 21.5. The second-order valence-electron chi connectivity index (χ2n) is 8.08. The van der Waals surface area contributed by atoms with E-state index < -0.39 is 6.03 Å². The maximum atomic E-state index is 12.0. The quantitative estimate of drug-likeness (QED) is 0.710. The Balaban J connectivity index is 1.40. The van der Waals surface area contributed by atoms with Crippen LogP contribution >= 0.6 is 0 Å². The minimum Gasteiger partial charge on any atom is -0.338 e. The summed E-state index contributed by atoms with van der Waals surface area (Å²) in [5.74, 6) is 1.23. The number of rotatable bonds is 7. The maximum absolute atomic E-state index is 12.0. The van der Waals surface area contributed by atoms with E-state index in [1.54, 1.807) is 0 Å². The van der Waals surface area contributed by atoms with Crippen molar-refractivity contribution in [1.82, 2.24) is 30.6 Å². The van der Waals surface area contributed by atoms with Crippen molar-refractivity contribution in [3.63, 3.8) is 0 Å². The largest absolute Gasteiger partial charge is 0.338 e. The third-order valence-corrected chi connectivity index (χ3v) is 4.89. The molecular formula is C21H30N6O3. The number of aromatic nitrogens is 2. The van der Waals surface area contributed by atoms with Crippen LogP contribution in [0.25, 0.3) is 11.4 Å². The Bertz CT molecular complexity index is 841. The van der Waals surface area contributed by atoms with Crippen LogP contribution < -0.4 is 10.6 Å². The van der Waals surface area contributed by atoms with Crippen molar-refractivity contribution in [3.8, 4) is 11.4 Å². The van der Waals surface area contributed by atoms with Crippen LogP contribution in [0.1, 0.15) is 25.3 Å². The molecule has 1 saturated heterocycles. The number of imide groups is 1. The Morgan fingerprint density at radius 3 is 2.43 bits per heavy atom. The molecule has 0 unspecified atom stereocenters. The van der Waals surface area contributed by atoms with Gasteiger partial charge in [-0.25, -0.2) is 4.79 Å². The highest BCUT2D eigenvalue weighted by Gasteiger charge is 2.21. The summed E-state index contributed by atoms with van der Waals surface area (Å²) in [5, 5.41) is 9.13. The summed E-state index contributed by atoms with van der Waals surface area (Å²) >= 11 is 0. The van der Waals surface area contributed by atoms with Gasteiger partial charge >= 0.3 is 6.03 Å². The van der Waals surface area contributed by atoms with Gasteiger partial charge in [0, 0.05) is 38.3 Å². The molecule has 2 aromatic rings. The lowest BCUT2D eigenvalue weighted by molar-refractivity contribution is -0.121. The predicted molar refractivity (Wildman–Crippen MR) is 113 cm³/mol. The lowest BCUT2D eigenvalue weighted by atomic mass is 10.1. The fourth-order valence-corrected chi connectivity index (χ4v) is 3.15. The zero-order valence-corrected chi connectivity index (χ0v) is 17.9. The first kappa shape index (κ1) is 21.9. The van der Waals surface area contributed by atoms with Crippen molar-refractivity contribution in [1.29, 1.82) is 0 Å². The van der Waals surface area contributed by atoms with Gasteiger partial charge in [-0.05, 0) is 12.8 Å². The van der Waals surface area contributed by atoms with Gasteiger partial charge in [-0.3, -0.25) is 19.9 Å². The van der Waals surface area contributed by atoms with Gasteiger partial charge in [-0.1, -0.05) is 48.8 Å². The lowest BCUT2D eigenvalue weighted by Gasteiger charge is -2.33. The van der Waals surface area contributed by atoms with Crippen molar-refractivity contribution in [2.45, 2.75) is 27.3 Å². The number of urea groups is 1. The summed E-state index contributed by atoms with van der Waals surface area (Å²) in [6.07, 6.45) is 0. The molecule has 162 valence electrons. The molecule has 0 saturated carbocycles. The van der Waals surface area contributed by atoms with Gasteiger partial charge in [0.05, 0.1) is 13.1 Å². The number of hydrogen-bond donors (Lipinski definition) is 2. The number of nitrogens with one attached hydrogen (secondary N) is 2. The number of amides is 3. The zero-order valence-electron chi connectivity index (χ0n) is 17.9. The van der Waals surface area contributed by atoms with Gasteiger partial charge < -0.3 is 9.84 Å². The topological polar surface area (TPSA) is 104 Å². The van der Waals surface area contributed by atoms with Gasteiger partial charge in [0.25, 0.3) is 0 Å². The van der Waals surface area contributed by atoms with Crippen LogP contribution in [0.5, 0.6) is 0 Å². The minimum atomic E-state index is -0.437. The molecule has 1 aliphatic rings. The van der Waals surface area contributed by atoms with Gasteiger partial charge in [0.1, 0.15) is 0 Å². The van der Waals surface area contributed by atoms with E-state index in [4.69, 9.17) is 4.52 Å². The molecule has 1 aliphatic heterocycles. The number of benzene rings is 1. The molecule has 0 atom stereocenters. The average Bonchev–Trinajstić information content (AvgIpc) is 3.17. The van der Waals surface area contributed by atoms with E-state index in [1.807, 2.05) is 49.9 Å². The van der Waals surface area contributed by atoms with Crippen molar-refractivity contribution in [3.05, 3.63) is 35.7 Å². The van der Waals surface area contributed by atoms with Gasteiger partial charge in [-0.2, -0.15) is 4.98 Å². The second-order valence-corrected chi connectivity index (χ2v) is 8.08. The molecule has 1 aromatic heterocycles. The van der Waals surface area contributed by atoms with Gasteiger partial charge in [0.2, 0.25) is 17.6 Å². The highest BCUT2D eigenvalue weighted by molar-refractivity contribution is 5.95. The molecule has 3 rings (SSSR count). The first-order valence-electron chi connectivity index (χ1n) is 10.3. The first-order valence-corrected chi connectivity index (χ1v) is 10.3. The molecule has 0 spiro atoms. The number of aryl methyl sites for hydroxylation is 1. The molecule has 1 aromatic carbocycles. The molecule has 0 bridgehead atoms. The molecule has 30 heavy (non-hydrogen) atoms. The number of carbonyl (C=O) groups excluding carboxylic acids is 2. The van der Waals surface area contributed by atoms with Crippen molar-refractivity contribution >= 4 is 11.9 Å². The molecule has 2 N–H and O–H groups in total. The normalized spacial score (nSPS) is 15.3. The highest BCUT2D eigenvalue weighted by atomic mass is 16.5. The monoisotopic (exact) mass is 414 g/mol. The summed E-state index contributed by atoms with van der Waals surface area (Å²) in [7, 11) is 0. The Morgan fingerprint density at radius 2 is 1.77 bits per heavy atom. The fraction of sp³-hybridized carbons (Fsp3) is 0.524. The van der Waals surface area contributed by atoms with E-state index in [-0.39, 0.29) is 12.5 Å². The summed E-state index contributed by atoms with van der Waals surface area (Å²) in [6, 6.07) is 7.57. The summed E-state index contributed by atoms with van der Waals surface area (Å²) in [4.78, 5) is 32.5. The van der Waals surface area contributed by atoms with Crippen LogP contribution in [0.2, 0.25) is 0 Å². The minimum absolute atomic E-state index is 0.209. The van der Waals surface area contributed by atoms with E-state index in [0.717, 1.165) is 31.7 Å². The first-order chi connectivity index (χ1) is 14.4. The summed E-state index contributed by atoms with van der Waals surface area (Å²) in [5.41, 5.74) is 2.12. The van der Waals surface area contributed by atoms with Gasteiger partial charge in [-0.15, -0.1) is 0 Å². The van der Waals surface area contributed by atoms with Crippen molar-refractivity contribution < 1.29 is 14.1 Å². The van der Waals surface area contributed by atoms with Crippen LogP contribution in [0.15, 0.2) is 28.8 Å². The van der Waals surface area contributed by atoms with Crippen molar-refractivity contribution in [2.24, 2.45) is 5.92 Å². The molecule has 9 heteroatoms. The van der Waals surface area contributed by atoms with E-state index in [0.29, 0.717) is 30.7 Å². The Hall–Kier alpha value is -2.78. The van der Waals surface area contributed by atoms with E-state index in [1.165, 1.54) is 5.56 Å². The third kappa shape index (κ3) is 6.64. The van der Waals surface area contributed by atoms with E-state index >= 15 is 0 Å². The summed E-state index contributed by atoms with van der Waals surface area (Å²) in [6.45, 7) is 10.4. The Morgan fingerprint density at radius 1 is 1.10 bits per heavy atom. The lowest BCUT2D eigenvalue weighted by Crippen LogP contribution is -2.51. The Kier molecular flexibility index (Phi) is 7.53. The smallest absolute Gasteiger partial charge is 0.321 e. The Labute approximate surface area is 176 Å². The molecular weight excluding hydrogens is 384 g/mol. The van der Waals surface area contributed by atoms with E-state index in [2.05, 4.69) is 25.7 Å². The molecule has 9 nitrogen and oxygen atoms in total. The van der Waals surface area contributed by atoms with Crippen LogP contribution in [0.4, 0.5) is 4.79 Å². The highest BCUT2D eigenvalue weighted by Crippen LogP contribution is 2.17. The van der Waals surface area contributed by atoms with Crippen molar-refractivity contribution in [2.75, 3.05) is 39.3 Å². The van der Waals surface area contributed by atoms with Crippen LogP contribution in [0, 0.1) is 12.8 Å². The fourth-order valence-electron chi connectivity index (χ4n) is 3.15.